The molecule has 0 radical (unpaired) electrons. The molecule has 3 N–H and O–H groups in total. The minimum absolute atomic E-state index is 0.335. The van der Waals surface area contributed by atoms with Gasteiger partial charge in [0.1, 0.15) is 0 Å². The third-order valence-corrected chi connectivity index (χ3v) is 19.3. The molecule has 5 heteroatoms. The van der Waals surface area contributed by atoms with Crippen LogP contribution in [-0.2, 0) is 0 Å². The minimum atomic E-state index is 0.335. The number of nitrogens with zero attached hydrogens (tertiary/aromatic N) is 2. The molecule has 0 amide bonds. The molecule has 316 valence electrons. The van der Waals surface area contributed by atoms with Gasteiger partial charge in [0.15, 0.2) is 0 Å². The molecule has 4 saturated carbocycles. The van der Waals surface area contributed by atoms with Crippen LogP contribution in [0.25, 0.3) is 5.57 Å². The molecule has 11 aliphatic rings. The molecule has 2 bridgehead atoms. The Bertz CT molecular complexity index is 1870. The van der Waals surface area contributed by atoms with Crippen LogP contribution >= 0.6 is 0 Å². The molecule has 15 atom stereocenters. The van der Waals surface area contributed by atoms with Crippen molar-refractivity contribution in [2.24, 2.45) is 52.8 Å². The summed E-state index contributed by atoms with van der Waals surface area (Å²) >= 11 is 0. The Hall–Kier alpha value is -2.44. The lowest BCUT2D eigenvalue weighted by Gasteiger charge is -2.52. The van der Waals surface area contributed by atoms with Crippen LogP contribution < -0.4 is 16.0 Å². The molecule has 59 heavy (non-hydrogen) atoms. The SMILES string of the molecule is CC1CCC2C3C4C(C5=C(CCCC5)N4C4C=CC(C5NC(C6C=CC=CC6)NC(C67CCC(CC6)C7)N5)CC4)C(C)CC3N(C3C=C(c4ccccc4)CCC3)C2C1. The summed E-state index contributed by atoms with van der Waals surface area (Å²) in [5, 5.41) is 12.7. The second-order valence-corrected chi connectivity index (χ2v) is 22.4. The van der Waals surface area contributed by atoms with Crippen molar-refractivity contribution < 1.29 is 0 Å². The zero-order valence-electron chi connectivity index (χ0n) is 36.5. The first kappa shape index (κ1) is 38.3. The van der Waals surface area contributed by atoms with Crippen LogP contribution in [0.3, 0.4) is 0 Å². The lowest BCUT2D eigenvalue weighted by atomic mass is 9.62. The molecule has 0 aromatic heterocycles. The maximum absolute atomic E-state index is 4.30. The highest BCUT2D eigenvalue weighted by molar-refractivity contribution is 5.67. The lowest BCUT2D eigenvalue weighted by molar-refractivity contribution is 0.0142. The highest BCUT2D eigenvalue weighted by atomic mass is 15.4. The molecule has 12 rings (SSSR count). The number of allylic oxidation sites excluding steroid dienone is 5. The van der Waals surface area contributed by atoms with Crippen molar-refractivity contribution in [3.63, 3.8) is 0 Å². The maximum Gasteiger partial charge on any atom is 0.0663 e. The molecule has 1 aromatic rings. The second-order valence-electron chi connectivity index (χ2n) is 22.4. The van der Waals surface area contributed by atoms with Crippen molar-refractivity contribution in [1.82, 2.24) is 25.8 Å². The van der Waals surface area contributed by atoms with Gasteiger partial charge >= 0.3 is 0 Å². The molecule has 2 saturated heterocycles. The normalized spacial score (nSPS) is 47.8. The van der Waals surface area contributed by atoms with Gasteiger partial charge in [0.2, 0.25) is 0 Å². The van der Waals surface area contributed by atoms with E-state index in [-0.39, 0.29) is 0 Å². The van der Waals surface area contributed by atoms with E-state index in [4.69, 9.17) is 0 Å². The largest absolute Gasteiger partial charge is 0.364 e. The highest BCUT2D eigenvalue weighted by Gasteiger charge is 2.63. The Morgan fingerprint density at radius 2 is 1.56 bits per heavy atom. The standard InChI is InChI=1S/C54H75N5/c1-34-20-25-44-46(30-34)58(42-17-11-16-40(32-42)37-12-5-3-6-13-37)47-31-35(2)48-43-18-9-10-19-45(43)59(50(48)49(44)47)41-23-21-39(22-24-41)52-55-51(38-14-7-4-8-15-38)56-53(57-52)54-28-26-36(33-54)27-29-54/h3-8,12-14,21,23,32,34-36,38-39,41-42,44,46-53,55-57H,9-11,15-20,22,24-31,33H2,1-2H3. The number of nitrogens with one attached hydrogen (secondary N) is 3. The second kappa shape index (κ2) is 15.4. The third kappa shape index (κ3) is 6.50. The van der Waals surface area contributed by atoms with Crippen molar-refractivity contribution in [1.29, 1.82) is 0 Å². The van der Waals surface area contributed by atoms with E-state index in [2.05, 4.69) is 112 Å². The van der Waals surface area contributed by atoms with Crippen LogP contribution in [0.5, 0.6) is 0 Å². The molecule has 3 heterocycles. The minimum Gasteiger partial charge on any atom is -0.364 e. The Morgan fingerprint density at radius 3 is 2.34 bits per heavy atom. The monoisotopic (exact) mass is 794 g/mol. The fourth-order valence-electron chi connectivity index (χ4n) is 16.7. The summed E-state index contributed by atoms with van der Waals surface area (Å²) in [5.41, 5.74) is 7.29. The molecular formula is C54H75N5. The summed E-state index contributed by atoms with van der Waals surface area (Å²) in [6.07, 6.45) is 44.7. The van der Waals surface area contributed by atoms with Crippen molar-refractivity contribution in [2.75, 3.05) is 0 Å². The van der Waals surface area contributed by atoms with Gasteiger partial charge in [-0.2, -0.15) is 0 Å². The average molecular weight is 794 g/mol. The predicted octanol–water partition coefficient (Wildman–Crippen LogP) is 10.7. The van der Waals surface area contributed by atoms with E-state index in [0.29, 0.717) is 53.9 Å². The van der Waals surface area contributed by atoms with Crippen LogP contribution in [0.1, 0.15) is 141 Å². The van der Waals surface area contributed by atoms with Crippen LogP contribution in [0.2, 0.25) is 0 Å². The van der Waals surface area contributed by atoms with E-state index in [0.717, 1.165) is 54.0 Å². The van der Waals surface area contributed by atoms with E-state index in [1.165, 1.54) is 121 Å². The number of benzene rings is 1. The molecule has 15 unspecified atom stereocenters. The zero-order chi connectivity index (χ0) is 39.2. The van der Waals surface area contributed by atoms with Crippen LogP contribution in [0.15, 0.2) is 84.1 Å². The molecule has 1 aromatic carbocycles. The molecule has 5 nitrogen and oxygen atoms in total. The number of hydrogen-bond acceptors (Lipinski definition) is 5. The van der Waals surface area contributed by atoms with Crippen molar-refractivity contribution in [2.45, 2.75) is 185 Å². The van der Waals surface area contributed by atoms with Gasteiger partial charge in [-0.05, 0) is 167 Å². The summed E-state index contributed by atoms with van der Waals surface area (Å²) in [6, 6.07) is 14.7. The van der Waals surface area contributed by atoms with Gasteiger partial charge in [-0.1, -0.05) is 93.1 Å². The molecule has 6 fully saturated rings. The number of hydrogen-bond donors (Lipinski definition) is 3. The number of fused-ring (bicyclic) bond motifs is 8. The summed E-state index contributed by atoms with van der Waals surface area (Å²) in [7, 11) is 0. The number of rotatable bonds is 6. The molecule has 0 spiro atoms. The highest BCUT2D eigenvalue weighted by Crippen LogP contribution is 2.61. The molecular weight excluding hydrogens is 719 g/mol. The smallest absolute Gasteiger partial charge is 0.0663 e. The lowest BCUT2D eigenvalue weighted by Crippen LogP contribution is -2.73. The fraction of sp³-hybridized carbons (Fsp3) is 0.704. The summed E-state index contributed by atoms with van der Waals surface area (Å²) in [6.45, 7) is 5.28. The van der Waals surface area contributed by atoms with Gasteiger partial charge in [0.25, 0.3) is 0 Å². The van der Waals surface area contributed by atoms with Gasteiger partial charge in [0.05, 0.1) is 18.5 Å². The van der Waals surface area contributed by atoms with E-state index in [1.54, 1.807) is 5.57 Å². The van der Waals surface area contributed by atoms with Crippen molar-refractivity contribution >= 4 is 5.57 Å². The first-order valence-electron chi connectivity index (χ1n) is 25.3. The van der Waals surface area contributed by atoms with E-state index >= 15 is 0 Å². The Morgan fingerprint density at radius 1 is 0.712 bits per heavy atom. The predicted molar refractivity (Wildman–Crippen MR) is 242 cm³/mol. The van der Waals surface area contributed by atoms with Crippen LogP contribution in [0.4, 0.5) is 0 Å². The van der Waals surface area contributed by atoms with Gasteiger partial charge in [-0.15, -0.1) is 0 Å². The van der Waals surface area contributed by atoms with Crippen molar-refractivity contribution in [3.05, 3.63) is 89.7 Å². The maximum atomic E-state index is 4.30. The number of likely N-dealkylation sites (tertiary alicyclic amines) is 1. The van der Waals surface area contributed by atoms with Crippen LogP contribution in [0, 0.1) is 52.8 Å². The molecule has 3 aliphatic heterocycles. The summed E-state index contributed by atoms with van der Waals surface area (Å²) in [5.74, 6) is 6.06. The van der Waals surface area contributed by atoms with Gasteiger partial charge < -0.3 is 4.90 Å². The summed E-state index contributed by atoms with van der Waals surface area (Å²) < 4.78 is 0. The van der Waals surface area contributed by atoms with Gasteiger partial charge in [-0.25, -0.2) is 0 Å². The quantitative estimate of drug-likeness (QED) is 0.250. The van der Waals surface area contributed by atoms with Crippen LogP contribution in [-0.4, -0.2) is 58.5 Å². The Balaban J connectivity index is 0.851. The van der Waals surface area contributed by atoms with Crippen molar-refractivity contribution in [3.8, 4) is 0 Å². The first-order chi connectivity index (χ1) is 29.0. The van der Waals surface area contributed by atoms with Gasteiger partial charge in [-0.3, -0.25) is 20.9 Å². The zero-order valence-corrected chi connectivity index (χ0v) is 36.5. The van der Waals surface area contributed by atoms with E-state index in [1.807, 2.05) is 11.3 Å². The van der Waals surface area contributed by atoms with E-state index in [9.17, 15) is 0 Å². The topological polar surface area (TPSA) is 42.6 Å². The van der Waals surface area contributed by atoms with Gasteiger partial charge in [0, 0.05) is 53.7 Å². The molecule has 8 aliphatic carbocycles. The third-order valence-electron chi connectivity index (χ3n) is 19.3. The Labute approximate surface area is 357 Å². The fourth-order valence-corrected chi connectivity index (χ4v) is 16.7. The van der Waals surface area contributed by atoms with E-state index < -0.39 is 0 Å². The first-order valence-corrected chi connectivity index (χ1v) is 25.3. The Kier molecular flexibility index (Phi) is 10.00. The average Bonchev–Trinajstić information content (AvgIpc) is 4.07. The summed E-state index contributed by atoms with van der Waals surface area (Å²) in [4.78, 5) is 6.44.